The Bertz CT molecular complexity index is 580. The number of hydrogen-bond donors (Lipinski definition) is 3. The van der Waals surface area contributed by atoms with Crippen molar-refractivity contribution in [3.8, 4) is 0 Å². The summed E-state index contributed by atoms with van der Waals surface area (Å²) in [5.74, 6) is 0.0252. The van der Waals surface area contributed by atoms with Crippen molar-refractivity contribution in [1.82, 2.24) is 4.98 Å². The van der Waals surface area contributed by atoms with Crippen LogP contribution in [0.25, 0.3) is 0 Å². The summed E-state index contributed by atoms with van der Waals surface area (Å²) >= 11 is 5.72. The van der Waals surface area contributed by atoms with Gasteiger partial charge in [-0.05, 0) is 30.3 Å². The molecule has 1 aromatic heterocycles. The summed E-state index contributed by atoms with van der Waals surface area (Å²) in [6.45, 7) is 0. The van der Waals surface area contributed by atoms with Crippen LogP contribution in [-0.2, 0) is 0 Å². The van der Waals surface area contributed by atoms with Gasteiger partial charge in [0.15, 0.2) is 0 Å². The highest BCUT2D eigenvalue weighted by Crippen LogP contribution is 2.16. The highest BCUT2D eigenvalue weighted by atomic mass is 35.5. The molecule has 0 aliphatic rings. The molecule has 1 amide bonds. The number of amides is 1. The van der Waals surface area contributed by atoms with Crippen LogP contribution in [0.5, 0.6) is 0 Å². The second-order valence-corrected chi connectivity index (χ2v) is 4.08. The standard InChI is InChI=1S/C12H11ClN4O/c13-10-2-1-3-11(16-10)17-12(18)7-4-8(14)6-9(15)5-7/h1-6H,14-15H2,(H,16,17,18). The van der Waals surface area contributed by atoms with Crippen LogP contribution in [-0.4, -0.2) is 10.9 Å². The van der Waals surface area contributed by atoms with Crippen molar-refractivity contribution in [2.45, 2.75) is 0 Å². The molecule has 0 fully saturated rings. The lowest BCUT2D eigenvalue weighted by Crippen LogP contribution is -2.13. The van der Waals surface area contributed by atoms with E-state index in [0.717, 1.165) is 0 Å². The summed E-state index contributed by atoms with van der Waals surface area (Å²) in [5.41, 5.74) is 12.5. The van der Waals surface area contributed by atoms with E-state index in [-0.39, 0.29) is 5.91 Å². The lowest BCUT2D eigenvalue weighted by atomic mass is 10.1. The number of nitrogens with two attached hydrogens (primary N) is 2. The minimum absolute atomic E-state index is 0.305. The van der Waals surface area contributed by atoms with Gasteiger partial charge in [-0.25, -0.2) is 4.98 Å². The summed E-state index contributed by atoms with van der Waals surface area (Å²) in [4.78, 5) is 15.9. The number of halogens is 1. The monoisotopic (exact) mass is 262 g/mol. The van der Waals surface area contributed by atoms with Crippen LogP contribution in [0.3, 0.4) is 0 Å². The van der Waals surface area contributed by atoms with E-state index in [4.69, 9.17) is 23.1 Å². The van der Waals surface area contributed by atoms with E-state index in [2.05, 4.69) is 10.3 Å². The molecule has 2 rings (SSSR count). The Labute approximate surface area is 109 Å². The molecule has 6 heteroatoms. The van der Waals surface area contributed by atoms with Gasteiger partial charge in [-0.3, -0.25) is 4.79 Å². The number of carbonyl (C=O) groups excluding carboxylic acids is 1. The zero-order chi connectivity index (χ0) is 13.1. The number of nitrogen functional groups attached to an aromatic ring is 2. The van der Waals surface area contributed by atoms with Gasteiger partial charge in [-0.1, -0.05) is 17.7 Å². The summed E-state index contributed by atoms with van der Waals surface area (Å²) in [6.07, 6.45) is 0. The van der Waals surface area contributed by atoms with E-state index in [9.17, 15) is 4.79 Å². The third kappa shape index (κ3) is 2.89. The van der Waals surface area contributed by atoms with Crippen LogP contribution < -0.4 is 16.8 Å². The third-order valence-electron chi connectivity index (χ3n) is 2.20. The number of anilines is 3. The lowest BCUT2D eigenvalue weighted by Gasteiger charge is -2.06. The summed E-state index contributed by atoms with van der Waals surface area (Å²) in [5, 5.41) is 2.91. The maximum atomic E-state index is 11.9. The Kier molecular flexibility index (Phi) is 3.34. The van der Waals surface area contributed by atoms with Gasteiger partial charge >= 0.3 is 0 Å². The van der Waals surface area contributed by atoms with E-state index in [0.29, 0.717) is 27.9 Å². The van der Waals surface area contributed by atoms with Crippen LogP contribution in [0, 0.1) is 0 Å². The molecule has 5 N–H and O–H groups in total. The second-order valence-electron chi connectivity index (χ2n) is 3.69. The van der Waals surface area contributed by atoms with Gasteiger partial charge in [-0.15, -0.1) is 0 Å². The van der Waals surface area contributed by atoms with Crippen molar-refractivity contribution < 1.29 is 4.79 Å². The molecule has 18 heavy (non-hydrogen) atoms. The molecule has 0 spiro atoms. The number of hydrogen-bond acceptors (Lipinski definition) is 4. The molecule has 0 radical (unpaired) electrons. The average Bonchev–Trinajstić information content (AvgIpc) is 2.27. The first-order valence-corrected chi connectivity index (χ1v) is 5.52. The van der Waals surface area contributed by atoms with Crippen LogP contribution in [0.15, 0.2) is 36.4 Å². The molecular weight excluding hydrogens is 252 g/mol. The van der Waals surface area contributed by atoms with E-state index in [1.54, 1.807) is 24.3 Å². The maximum Gasteiger partial charge on any atom is 0.256 e. The van der Waals surface area contributed by atoms with Gasteiger partial charge in [0.05, 0.1) is 0 Å². The molecule has 0 unspecified atom stereocenters. The van der Waals surface area contributed by atoms with Crippen molar-refractivity contribution in [2.24, 2.45) is 0 Å². The zero-order valence-electron chi connectivity index (χ0n) is 9.35. The van der Waals surface area contributed by atoms with Crippen molar-refractivity contribution in [3.05, 3.63) is 47.1 Å². The average molecular weight is 263 g/mol. The number of pyridine rings is 1. The largest absolute Gasteiger partial charge is 0.399 e. The number of rotatable bonds is 2. The molecule has 2 aromatic rings. The zero-order valence-corrected chi connectivity index (χ0v) is 10.1. The number of nitrogens with one attached hydrogen (secondary N) is 1. The number of aromatic nitrogens is 1. The molecule has 0 aliphatic heterocycles. The Hall–Kier alpha value is -2.27. The normalized spacial score (nSPS) is 10.1. The molecule has 92 valence electrons. The van der Waals surface area contributed by atoms with E-state index < -0.39 is 0 Å². The Morgan fingerprint density at radius 2 is 1.83 bits per heavy atom. The third-order valence-corrected chi connectivity index (χ3v) is 2.41. The van der Waals surface area contributed by atoms with Gasteiger partial charge in [0.2, 0.25) is 0 Å². The number of carbonyl (C=O) groups is 1. The fourth-order valence-corrected chi connectivity index (χ4v) is 1.64. The van der Waals surface area contributed by atoms with Gasteiger partial charge in [0.25, 0.3) is 5.91 Å². The van der Waals surface area contributed by atoms with Crippen LogP contribution in [0.4, 0.5) is 17.2 Å². The minimum Gasteiger partial charge on any atom is -0.399 e. The first-order valence-electron chi connectivity index (χ1n) is 5.14. The first-order chi connectivity index (χ1) is 8.54. The number of nitrogens with zero attached hydrogens (tertiary/aromatic N) is 1. The first kappa shape index (κ1) is 12.2. The topological polar surface area (TPSA) is 94.0 Å². The minimum atomic E-state index is -0.344. The summed E-state index contributed by atoms with van der Waals surface area (Å²) in [6, 6.07) is 9.61. The molecule has 0 aliphatic carbocycles. The summed E-state index contributed by atoms with van der Waals surface area (Å²) in [7, 11) is 0. The Morgan fingerprint density at radius 1 is 1.17 bits per heavy atom. The number of benzene rings is 1. The van der Waals surface area contributed by atoms with E-state index in [1.807, 2.05) is 0 Å². The van der Waals surface area contributed by atoms with Crippen molar-refractivity contribution in [2.75, 3.05) is 16.8 Å². The molecular formula is C12H11ClN4O. The second kappa shape index (κ2) is 4.93. The van der Waals surface area contributed by atoms with Crippen LogP contribution in [0.2, 0.25) is 5.15 Å². The van der Waals surface area contributed by atoms with Crippen molar-refractivity contribution in [3.63, 3.8) is 0 Å². The van der Waals surface area contributed by atoms with Gasteiger partial charge < -0.3 is 16.8 Å². The van der Waals surface area contributed by atoms with Gasteiger partial charge in [0.1, 0.15) is 11.0 Å². The summed E-state index contributed by atoms with van der Waals surface area (Å²) < 4.78 is 0. The van der Waals surface area contributed by atoms with Crippen molar-refractivity contribution in [1.29, 1.82) is 0 Å². The fourth-order valence-electron chi connectivity index (χ4n) is 1.47. The highest BCUT2D eigenvalue weighted by Gasteiger charge is 2.08. The quantitative estimate of drug-likeness (QED) is 0.571. The molecule has 0 saturated carbocycles. The van der Waals surface area contributed by atoms with E-state index in [1.165, 1.54) is 12.1 Å². The Balaban J connectivity index is 2.22. The fraction of sp³-hybridized carbons (Fsp3) is 0. The maximum absolute atomic E-state index is 11.9. The predicted molar refractivity (Wildman–Crippen MR) is 72.5 cm³/mol. The van der Waals surface area contributed by atoms with Gasteiger partial charge in [0, 0.05) is 16.9 Å². The molecule has 0 saturated heterocycles. The lowest BCUT2D eigenvalue weighted by molar-refractivity contribution is 0.102. The molecule has 5 nitrogen and oxygen atoms in total. The molecule has 0 atom stereocenters. The van der Waals surface area contributed by atoms with E-state index >= 15 is 0 Å². The highest BCUT2D eigenvalue weighted by molar-refractivity contribution is 6.29. The smallest absolute Gasteiger partial charge is 0.256 e. The van der Waals surface area contributed by atoms with Crippen LogP contribution >= 0.6 is 11.6 Å². The SMILES string of the molecule is Nc1cc(N)cc(C(=O)Nc2cccc(Cl)n2)c1. The molecule has 1 aromatic carbocycles. The Morgan fingerprint density at radius 3 is 2.44 bits per heavy atom. The predicted octanol–water partition coefficient (Wildman–Crippen LogP) is 2.15. The van der Waals surface area contributed by atoms with Crippen molar-refractivity contribution >= 4 is 34.7 Å². The molecule has 0 bridgehead atoms. The van der Waals surface area contributed by atoms with Gasteiger partial charge in [-0.2, -0.15) is 0 Å². The van der Waals surface area contributed by atoms with Crippen LogP contribution in [0.1, 0.15) is 10.4 Å². The molecule has 1 heterocycles.